The van der Waals surface area contributed by atoms with Gasteiger partial charge in [0, 0.05) is 5.02 Å². The molecule has 0 radical (unpaired) electrons. The fraction of sp³-hybridized carbons (Fsp3) is 0.238. The van der Waals surface area contributed by atoms with E-state index in [-0.39, 0.29) is 32.0 Å². The fourth-order valence-corrected chi connectivity index (χ4v) is 4.77. The van der Waals surface area contributed by atoms with Crippen molar-refractivity contribution in [3.63, 3.8) is 0 Å². The van der Waals surface area contributed by atoms with Crippen LogP contribution in [0.1, 0.15) is 36.8 Å². The number of halogens is 2. The second kappa shape index (κ2) is 8.06. The number of benzene rings is 2. The average Bonchev–Trinajstić information content (AvgIpc) is 3.01. The summed E-state index contributed by atoms with van der Waals surface area (Å²) in [6.07, 6.45) is 0. The SMILES string of the molecule is Cc1nn(C(C)(C)C)c(OC(=O)c2cc(Cl)ccc2Cl)c1S(=O)(=O)c1ccccc1. The highest BCUT2D eigenvalue weighted by Crippen LogP contribution is 2.36. The number of ether oxygens (including phenoxy) is 1. The second-order valence-corrected chi connectivity index (χ2v) is 10.4. The number of aromatic nitrogens is 2. The Kier molecular flexibility index (Phi) is 6.00. The van der Waals surface area contributed by atoms with Crippen LogP contribution in [-0.4, -0.2) is 24.2 Å². The third-order valence-electron chi connectivity index (χ3n) is 4.26. The maximum absolute atomic E-state index is 13.4. The number of carbonyl (C=O) groups is 1. The summed E-state index contributed by atoms with van der Waals surface area (Å²) in [4.78, 5) is 12.8. The third-order valence-corrected chi connectivity index (χ3v) is 6.73. The van der Waals surface area contributed by atoms with Crippen LogP contribution in [0.3, 0.4) is 0 Å². The molecule has 9 heteroatoms. The minimum atomic E-state index is -4.01. The van der Waals surface area contributed by atoms with Gasteiger partial charge < -0.3 is 4.74 Å². The summed E-state index contributed by atoms with van der Waals surface area (Å²) in [6.45, 7) is 7.02. The zero-order valence-corrected chi connectivity index (χ0v) is 19.1. The van der Waals surface area contributed by atoms with Crippen molar-refractivity contribution in [3.8, 4) is 5.88 Å². The van der Waals surface area contributed by atoms with Crippen molar-refractivity contribution < 1.29 is 17.9 Å². The summed E-state index contributed by atoms with van der Waals surface area (Å²) < 4.78 is 33.7. The van der Waals surface area contributed by atoms with E-state index in [9.17, 15) is 13.2 Å². The molecule has 158 valence electrons. The molecule has 1 heterocycles. The van der Waals surface area contributed by atoms with E-state index in [0.717, 1.165) is 0 Å². The van der Waals surface area contributed by atoms with Crippen LogP contribution in [0, 0.1) is 6.92 Å². The zero-order valence-electron chi connectivity index (χ0n) is 16.8. The molecule has 30 heavy (non-hydrogen) atoms. The Bertz CT molecular complexity index is 1210. The van der Waals surface area contributed by atoms with Gasteiger partial charge in [-0.05, 0) is 58.0 Å². The molecule has 0 aliphatic rings. The van der Waals surface area contributed by atoms with Gasteiger partial charge >= 0.3 is 5.97 Å². The van der Waals surface area contributed by atoms with E-state index in [1.165, 1.54) is 35.0 Å². The molecule has 1 aromatic heterocycles. The minimum absolute atomic E-state index is 0.0199. The van der Waals surface area contributed by atoms with Crippen molar-refractivity contribution in [2.45, 2.75) is 43.0 Å². The van der Waals surface area contributed by atoms with E-state index in [0.29, 0.717) is 5.02 Å². The van der Waals surface area contributed by atoms with Crippen LogP contribution in [0.25, 0.3) is 0 Å². The van der Waals surface area contributed by atoms with Crippen molar-refractivity contribution in [2.24, 2.45) is 0 Å². The molecular formula is C21H20Cl2N2O4S. The zero-order chi connectivity index (χ0) is 22.3. The van der Waals surface area contributed by atoms with Gasteiger partial charge in [0.05, 0.1) is 26.7 Å². The molecular weight excluding hydrogens is 447 g/mol. The highest BCUT2D eigenvalue weighted by molar-refractivity contribution is 7.91. The van der Waals surface area contributed by atoms with Crippen LogP contribution in [0.5, 0.6) is 5.88 Å². The number of hydrogen-bond donors (Lipinski definition) is 0. The molecule has 3 aromatic rings. The fourth-order valence-electron chi connectivity index (χ4n) is 2.86. The molecule has 0 saturated heterocycles. The Hall–Kier alpha value is -2.35. The van der Waals surface area contributed by atoms with Crippen molar-refractivity contribution in [2.75, 3.05) is 0 Å². The van der Waals surface area contributed by atoms with Gasteiger partial charge in [-0.3, -0.25) is 0 Å². The number of carbonyl (C=O) groups excluding carboxylic acids is 1. The Morgan fingerprint density at radius 1 is 1.07 bits per heavy atom. The highest BCUT2D eigenvalue weighted by atomic mass is 35.5. The molecule has 0 spiro atoms. The van der Waals surface area contributed by atoms with Crippen LogP contribution < -0.4 is 4.74 Å². The van der Waals surface area contributed by atoms with Crippen molar-refractivity contribution >= 4 is 39.0 Å². The predicted molar refractivity (Wildman–Crippen MR) is 115 cm³/mol. The first-order chi connectivity index (χ1) is 13.9. The minimum Gasteiger partial charge on any atom is -0.403 e. The summed E-state index contributed by atoms with van der Waals surface area (Å²) in [6, 6.07) is 12.3. The molecule has 0 aliphatic heterocycles. The Labute approximate surface area is 185 Å². The van der Waals surface area contributed by atoms with E-state index in [1.807, 2.05) is 20.8 Å². The molecule has 0 bridgehead atoms. The Balaban J connectivity index is 2.20. The van der Waals surface area contributed by atoms with Crippen molar-refractivity contribution in [1.82, 2.24) is 9.78 Å². The lowest BCUT2D eigenvalue weighted by molar-refractivity contribution is 0.0704. The van der Waals surface area contributed by atoms with Crippen LogP contribution >= 0.6 is 23.2 Å². The summed E-state index contributed by atoms with van der Waals surface area (Å²) in [5.41, 5.74) is -0.427. The number of esters is 1. The van der Waals surface area contributed by atoms with E-state index < -0.39 is 21.3 Å². The van der Waals surface area contributed by atoms with Gasteiger partial charge in [0.1, 0.15) is 0 Å². The van der Waals surface area contributed by atoms with Gasteiger partial charge in [-0.25, -0.2) is 17.9 Å². The molecule has 6 nitrogen and oxygen atoms in total. The van der Waals surface area contributed by atoms with Gasteiger partial charge in [0.15, 0.2) is 4.90 Å². The van der Waals surface area contributed by atoms with E-state index in [4.69, 9.17) is 27.9 Å². The molecule has 0 fully saturated rings. The number of nitrogens with zero attached hydrogens (tertiary/aromatic N) is 2. The first kappa shape index (κ1) is 22.3. The van der Waals surface area contributed by atoms with Crippen LogP contribution in [0.15, 0.2) is 58.3 Å². The topological polar surface area (TPSA) is 78.3 Å². The first-order valence-electron chi connectivity index (χ1n) is 9.00. The molecule has 0 amide bonds. The maximum atomic E-state index is 13.4. The summed E-state index contributed by atoms with van der Waals surface area (Å²) in [5, 5.41) is 4.79. The molecule has 0 N–H and O–H groups in total. The third kappa shape index (κ3) is 4.24. The molecule has 0 saturated carbocycles. The second-order valence-electron chi connectivity index (χ2n) is 7.63. The van der Waals surface area contributed by atoms with E-state index in [2.05, 4.69) is 5.10 Å². The predicted octanol–water partition coefficient (Wildman–Crippen LogP) is 5.31. The van der Waals surface area contributed by atoms with Gasteiger partial charge in [-0.2, -0.15) is 5.10 Å². The smallest absolute Gasteiger partial charge is 0.346 e. The van der Waals surface area contributed by atoms with Gasteiger partial charge in [-0.15, -0.1) is 0 Å². The first-order valence-corrected chi connectivity index (χ1v) is 11.2. The molecule has 0 aliphatic carbocycles. The van der Waals surface area contributed by atoms with Gasteiger partial charge in [0.25, 0.3) is 0 Å². The Morgan fingerprint density at radius 3 is 2.30 bits per heavy atom. The van der Waals surface area contributed by atoms with Gasteiger partial charge in [0.2, 0.25) is 15.7 Å². The number of rotatable bonds is 4. The van der Waals surface area contributed by atoms with Crippen LogP contribution in [-0.2, 0) is 15.4 Å². The Morgan fingerprint density at radius 2 is 1.70 bits per heavy atom. The van der Waals surface area contributed by atoms with E-state index >= 15 is 0 Å². The summed E-state index contributed by atoms with van der Waals surface area (Å²) in [5.74, 6) is -1.01. The summed E-state index contributed by atoms with van der Waals surface area (Å²) in [7, 11) is -4.01. The molecule has 3 rings (SSSR count). The molecule has 2 aromatic carbocycles. The summed E-state index contributed by atoms with van der Waals surface area (Å²) >= 11 is 12.1. The molecule has 0 atom stereocenters. The average molecular weight is 467 g/mol. The maximum Gasteiger partial charge on any atom is 0.346 e. The van der Waals surface area contributed by atoms with Gasteiger partial charge in [-0.1, -0.05) is 41.4 Å². The van der Waals surface area contributed by atoms with Crippen molar-refractivity contribution in [1.29, 1.82) is 0 Å². The number of aryl methyl sites for hydroxylation is 1. The number of sulfone groups is 1. The normalized spacial score (nSPS) is 12.1. The lowest BCUT2D eigenvalue weighted by Crippen LogP contribution is -2.26. The highest BCUT2D eigenvalue weighted by Gasteiger charge is 2.35. The van der Waals surface area contributed by atoms with Crippen LogP contribution in [0.4, 0.5) is 0 Å². The van der Waals surface area contributed by atoms with E-state index in [1.54, 1.807) is 25.1 Å². The lowest BCUT2D eigenvalue weighted by Gasteiger charge is -2.22. The monoisotopic (exact) mass is 466 g/mol. The number of hydrogen-bond acceptors (Lipinski definition) is 5. The standard InChI is InChI=1S/C21H20Cl2N2O4S/c1-13-18(30(27,28)15-8-6-5-7-9-15)19(25(24-13)21(2,3)4)29-20(26)16-12-14(22)10-11-17(16)23/h5-12H,1-4H3. The van der Waals surface area contributed by atoms with Crippen molar-refractivity contribution in [3.05, 3.63) is 69.8 Å². The molecule has 0 unspecified atom stereocenters. The lowest BCUT2D eigenvalue weighted by atomic mass is 10.1. The largest absolute Gasteiger partial charge is 0.403 e. The quantitative estimate of drug-likeness (QED) is 0.487. The van der Waals surface area contributed by atoms with Crippen LogP contribution in [0.2, 0.25) is 10.0 Å².